The standard InChI is InChI=1S/C21H23NO7/c1-8(23)7-22-10(3)14-12(25)6-13-21(5,20(14)28)16-18(27)9(2)17(26)15(11(4)24)19(16)29-13/h6,8,22-23,26-27H,7H2,1-5H3/b14-10+/t8?,21-/m0/s1. The summed E-state index contributed by atoms with van der Waals surface area (Å²) >= 11 is 0. The summed E-state index contributed by atoms with van der Waals surface area (Å²) in [6.07, 6.45) is 0.462. The van der Waals surface area contributed by atoms with Crippen LogP contribution in [0.2, 0.25) is 0 Å². The number of phenols is 2. The minimum absolute atomic E-state index is 0.0163. The Labute approximate surface area is 167 Å². The normalized spacial score (nSPS) is 23.0. The monoisotopic (exact) mass is 401 g/mol. The minimum atomic E-state index is -1.54. The number of ketones is 3. The van der Waals surface area contributed by atoms with Crippen LogP contribution in [0.3, 0.4) is 0 Å². The number of aliphatic hydroxyl groups is 1. The number of phenolic OH excluding ortho intramolecular Hbond substituents is 2. The lowest BCUT2D eigenvalue weighted by atomic mass is 9.70. The number of nitrogens with one attached hydrogen (secondary N) is 1. The predicted octanol–water partition coefficient (Wildman–Crippen LogP) is 1.54. The van der Waals surface area contributed by atoms with Crippen LogP contribution in [0, 0.1) is 6.92 Å². The number of aromatic hydroxyl groups is 2. The predicted molar refractivity (Wildman–Crippen MR) is 103 cm³/mol. The third-order valence-corrected chi connectivity index (χ3v) is 5.42. The molecule has 0 bridgehead atoms. The number of carbonyl (C=O) groups excluding carboxylic acids is 3. The van der Waals surface area contributed by atoms with E-state index in [0.717, 1.165) is 6.08 Å². The first-order valence-corrected chi connectivity index (χ1v) is 9.14. The quantitative estimate of drug-likeness (QED) is 0.339. The average Bonchev–Trinajstić information content (AvgIpc) is 2.91. The van der Waals surface area contributed by atoms with Gasteiger partial charge in [-0.2, -0.15) is 0 Å². The van der Waals surface area contributed by atoms with Crippen molar-refractivity contribution in [1.82, 2.24) is 5.32 Å². The van der Waals surface area contributed by atoms with E-state index in [9.17, 15) is 29.7 Å². The summed E-state index contributed by atoms with van der Waals surface area (Å²) in [6, 6.07) is 0. The number of hydrogen-bond donors (Lipinski definition) is 4. The summed E-state index contributed by atoms with van der Waals surface area (Å²) in [4.78, 5) is 38.2. The van der Waals surface area contributed by atoms with E-state index < -0.39 is 34.6 Å². The van der Waals surface area contributed by atoms with Crippen molar-refractivity contribution in [3.05, 3.63) is 39.8 Å². The van der Waals surface area contributed by atoms with Gasteiger partial charge in [-0.1, -0.05) is 0 Å². The van der Waals surface area contributed by atoms with Gasteiger partial charge in [0.1, 0.15) is 34.0 Å². The topological polar surface area (TPSA) is 133 Å². The first-order chi connectivity index (χ1) is 13.4. The van der Waals surface area contributed by atoms with E-state index in [-0.39, 0.29) is 51.8 Å². The number of benzene rings is 1. The number of allylic oxidation sites excluding steroid dienone is 4. The molecule has 0 radical (unpaired) electrons. The van der Waals surface area contributed by atoms with Crippen molar-refractivity contribution in [2.24, 2.45) is 0 Å². The number of rotatable bonds is 4. The van der Waals surface area contributed by atoms with Crippen molar-refractivity contribution in [1.29, 1.82) is 0 Å². The molecular formula is C21H23NO7. The smallest absolute Gasteiger partial charge is 0.194 e. The molecule has 1 heterocycles. The highest BCUT2D eigenvalue weighted by Crippen LogP contribution is 2.57. The maximum Gasteiger partial charge on any atom is 0.194 e. The third kappa shape index (κ3) is 2.82. The molecule has 2 aliphatic rings. The van der Waals surface area contributed by atoms with E-state index in [4.69, 9.17) is 4.74 Å². The molecule has 3 rings (SSSR count). The van der Waals surface area contributed by atoms with Crippen molar-refractivity contribution in [3.63, 3.8) is 0 Å². The van der Waals surface area contributed by atoms with Crippen molar-refractivity contribution in [3.8, 4) is 17.2 Å². The van der Waals surface area contributed by atoms with E-state index in [1.807, 2.05) is 0 Å². The first-order valence-electron chi connectivity index (χ1n) is 9.14. The number of hydrogen-bond acceptors (Lipinski definition) is 8. The summed E-state index contributed by atoms with van der Waals surface area (Å²) in [6.45, 7) is 7.41. The van der Waals surface area contributed by atoms with Crippen LogP contribution in [-0.2, 0) is 15.0 Å². The van der Waals surface area contributed by atoms with Gasteiger partial charge in [-0.15, -0.1) is 0 Å². The van der Waals surface area contributed by atoms with Crippen LogP contribution in [0.1, 0.15) is 49.2 Å². The molecule has 1 aliphatic carbocycles. The van der Waals surface area contributed by atoms with Gasteiger partial charge in [0.2, 0.25) is 0 Å². The molecule has 1 aromatic carbocycles. The Balaban J connectivity index is 2.28. The molecule has 1 aromatic rings. The largest absolute Gasteiger partial charge is 0.507 e. The summed E-state index contributed by atoms with van der Waals surface area (Å²) in [5, 5.41) is 33.4. The van der Waals surface area contributed by atoms with Crippen LogP contribution in [0.15, 0.2) is 23.1 Å². The SMILES string of the molecule is CC(=O)c1c(O)c(C)c(O)c2c1OC1=CC(=O)/C(=C(/C)NCC(C)O)C(=O)[C@@]12C. The van der Waals surface area contributed by atoms with Crippen molar-refractivity contribution >= 4 is 17.3 Å². The Bertz CT molecular complexity index is 1030. The van der Waals surface area contributed by atoms with Crippen LogP contribution in [0.4, 0.5) is 0 Å². The Morgan fingerprint density at radius 1 is 1.24 bits per heavy atom. The molecule has 0 saturated carbocycles. The number of ether oxygens (including phenoxy) is 1. The van der Waals surface area contributed by atoms with Crippen molar-refractivity contribution < 1.29 is 34.4 Å². The molecule has 0 amide bonds. The van der Waals surface area contributed by atoms with Crippen LogP contribution in [0.5, 0.6) is 17.2 Å². The van der Waals surface area contributed by atoms with Crippen molar-refractivity contribution in [2.45, 2.75) is 46.1 Å². The van der Waals surface area contributed by atoms with Gasteiger partial charge in [0, 0.05) is 23.9 Å². The molecule has 8 nitrogen and oxygen atoms in total. The average molecular weight is 401 g/mol. The molecule has 1 unspecified atom stereocenters. The van der Waals surface area contributed by atoms with Crippen molar-refractivity contribution in [2.75, 3.05) is 6.54 Å². The van der Waals surface area contributed by atoms with Gasteiger partial charge < -0.3 is 25.4 Å². The summed E-state index contributed by atoms with van der Waals surface area (Å²) < 4.78 is 5.69. The van der Waals surface area contributed by atoms with Crippen LogP contribution in [-0.4, -0.2) is 45.3 Å². The second-order valence-electron chi connectivity index (χ2n) is 7.62. The molecule has 29 heavy (non-hydrogen) atoms. The lowest BCUT2D eigenvalue weighted by Gasteiger charge is -2.29. The molecule has 8 heteroatoms. The Morgan fingerprint density at radius 3 is 2.41 bits per heavy atom. The molecular weight excluding hydrogens is 378 g/mol. The fourth-order valence-corrected chi connectivity index (χ4v) is 3.75. The molecule has 0 fully saturated rings. The maximum absolute atomic E-state index is 13.5. The van der Waals surface area contributed by atoms with Crippen LogP contribution < -0.4 is 10.1 Å². The number of carbonyl (C=O) groups is 3. The molecule has 0 aromatic heterocycles. The van der Waals surface area contributed by atoms with E-state index in [1.54, 1.807) is 13.8 Å². The van der Waals surface area contributed by atoms with Gasteiger partial charge in [-0.3, -0.25) is 14.4 Å². The lowest BCUT2D eigenvalue weighted by molar-refractivity contribution is -0.123. The third-order valence-electron chi connectivity index (χ3n) is 5.42. The second kappa shape index (κ2) is 6.73. The summed E-state index contributed by atoms with van der Waals surface area (Å²) in [5.41, 5.74) is -1.45. The van der Waals surface area contributed by atoms with Gasteiger partial charge in [0.25, 0.3) is 0 Å². The highest BCUT2D eigenvalue weighted by molar-refractivity contribution is 6.31. The van der Waals surface area contributed by atoms with Gasteiger partial charge >= 0.3 is 0 Å². The molecule has 0 spiro atoms. The molecule has 2 atom stereocenters. The highest BCUT2D eigenvalue weighted by atomic mass is 16.5. The molecule has 154 valence electrons. The van der Waals surface area contributed by atoms with E-state index >= 15 is 0 Å². The first kappa shape index (κ1) is 20.6. The zero-order chi connectivity index (χ0) is 21.8. The lowest BCUT2D eigenvalue weighted by Crippen LogP contribution is -2.41. The van der Waals surface area contributed by atoms with E-state index in [2.05, 4.69) is 5.32 Å². The second-order valence-corrected chi connectivity index (χ2v) is 7.62. The number of fused-ring (bicyclic) bond motifs is 3. The Morgan fingerprint density at radius 2 is 1.86 bits per heavy atom. The van der Waals surface area contributed by atoms with E-state index in [1.165, 1.54) is 20.8 Å². The zero-order valence-corrected chi connectivity index (χ0v) is 16.8. The Kier molecular flexibility index (Phi) is 4.78. The summed E-state index contributed by atoms with van der Waals surface area (Å²) in [5.74, 6) is -2.64. The van der Waals surface area contributed by atoms with Gasteiger partial charge in [0.15, 0.2) is 17.3 Å². The van der Waals surface area contributed by atoms with Gasteiger partial charge in [-0.25, -0.2) is 0 Å². The molecule has 4 N–H and O–H groups in total. The Hall–Kier alpha value is -3.13. The maximum atomic E-state index is 13.5. The fourth-order valence-electron chi connectivity index (χ4n) is 3.75. The number of aliphatic hydroxyl groups excluding tert-OH is 1. The highest BCUT2D eigenvalue weighted by Gasteiger charge is 2.56. The summed E-state index contributed by atoms with van der Waals surface area (Å²) in [7, 11) is 0. The zero-order valence-electron chi connectivity index (χ0n) is 16.8. The minimum Gasteiger partial charge on any atom is -0.507 e. The molecule has 1 aliphatic heterocycles. The van der Waals surface area contributed by atoms with Crippen LogP contribution >= 0.6 is 0 Å². The van der Waals surface area contributed by atoms with Gasteiger partial charge in [0.05, 0.1) is 17.2 Å². The fraction of sp³-hybridized carbons (Fsp3) is 0.381. The van der Waals surface area contributed by atoms with Crippen LogP contribution in [0.25, 0.3) is 0 Å². The van der Waals surface area contributed by atoms with Gasteiger partial charge in [-0.05, 0) is 34.6 Å². The number of Topliss-reactive ketones (excluding diaryl/α,β-unsaturated/α-hetero) is 2. The van der Waals surface area contributed by atoms with E-state index in [0.29, 0.717) is 0 Å². The molecule has 0 saturated heterocycles.